The lowest BCUT2D eigenvalue weighted by molar-refractivity contribution is -0.124. The molecule has 0 saturated heterocycles. The normalized spacial score (nSPS) is 16.3. The lowest BCUT2D eigenvalue weighted by Gasteiger charge is -2.29. The number of amides is 1. The Morgan fingerprint density at radius 1 is 1.37 bits per heavy atom. The van der Waals surface area contributed by atoms with Gasteiger partial charge in [-0.3, -0.25) is 4.79 Å². The van der Waals surface area contributed by atoms with Crippen LogP contribution in [0.4, 0.5) is 0 Å². The monoisotopic (exact) mass is 290 g/mol. The van der Waals surface area contributed by atoms with Gasteiger partial charge in [0.2, 0.25) is 5.91 Å². The summed E-state index contributed by atoms with van der Waals surface area (Å²) in [4.78, 5) is 11.5. The average Bonchev–Trinajstić information content (AvgIpc) is 2.27. The summed E-state index contributed by atoms with van der Waals surface area (Å²) in [6.07, 6.45) is 3.68. The van der Waals surface area contributed by atoms with E-state index in [0.717, 1.165) is 31.4 Å². The number of nitrogens with two attached hydrogens (primary N) is 1. The maximum Gasteiger partial charge on any atom is 0.237 e. The number of aliphatic hydroxyl groups is 1. The van der Waals surface area contributed by atoms with Crippen molar-refractivity contribution in [2.24, 2.45) is 5.73 Å². The second-order valence-corrected chi connectivity index (χ2v) is 7.19. The van der Waals surface area contributed by atoms with Gasteiger partial charge in [-0.1, -0.05) is 13.3 Å². The highest BCUT2D eigenvalue weighted by molar-refractivity contribution is 7.99. The quantitative estimate of drug-likeness (QED) is 0.508. The molecule has 19 heavy (non-hydrogen) atoms. The average molecular weight is 290 g/mol. The summed E-state index contributed by atoms with van der Waals surface area (Å²) in [6.45, 7) is 8.32. The van der Waals surface area contributed by atoms with Crippen LogP contribution in [0.25, 0.3) is 0 Å². The first kappa shape index (κ1) is 18.7. The van der Waals surface area contributed by atoms with Gasteiger partial charge in [0.1, 0.15) is 0 Å². The molecular formula is C14H30N2O2S. The van der Waals surface area contributed by atoms with E-state index in [0.29, 0.717) is 5.25 Å². The Morgan fingerprint density at radius 3 is 2.47 bits per heavy atom. The van der Waals surface area contributed by atoms with E-state index < -0.39 is 5.54 Å². The number of hydrogen-bond acceptors (Lipinski definition) is 4. The lowest BCUT2D eigenvalue weighted by Crippen LogP contribution is -2.55. The van der Waals surface area contributed by atoms with Gasteiger partial charge >= 0.3 is 0 Å². The van der Waals surface area contributed by atoms with E-state index in [4.69, 9.17) is 10.8 Å². The second-order valence-electron chi connectivity index (χ2n) is 5.65. The number of nitrogens with one attached hydrogen (secondary N) is 1. The second kappa shape index (κ2) is 9.61. The topological polar surface area (TPSA) is 75.3 Å². The molecule has 0 aromatic rings. The van der Waals surface area contributed by atoms with Gasteiger partial charge in [0.15, 0.2) is 0 Å². The molecule has 0 aromatic carbocycles. The predicted octanol–water partition coefficient (Wildman–Crippen LogP) is 1.90. The first-order chi connectivity index (χ1) is 8.81. The molecule has 0 fully saturated rings. The molecule has 0 bridgehead atoms. The van der Waals surface area contributed by atoms with Crippen molar-refractivity contribution in [3.8, 4) is 0 Å². The molecule has 0 heterocycles. The highest BCUT2D eigenvalue weighted by Gasteiger charge is 2.30. The van der Waals surface area contributed by atoms with Gasteiger partial charge in [-0.25, -0.2) is 0 Å². The number of aliphatic hydroxyl groups excluding tert-OH is 1. The fourth-order valence-electron chi connectivity index (χ4n) is 2.03. The number of carbonyl (C=O) groups is 1. The van der Waals surface area contributed by atoms with Crippen LogP contribution in [-0.4, -0.2) is 40.2 Å². The maximum atomic E-state index is 11.5. The molecule has 5 heteroatoms. The van der Waals surface area contributed by atoms with Crippen LogP contribution in [0.5, 0.6) is 0 Å². The van der Waals surface area contributed by atoms with Crippen molar-refractivity contribution in [3.05, 3.63) is 0 Å². The van der Waals surface area contributed by atoms with Gasteiger partial charge in [0, 0.05) is 17.9 Å². The summed E-state index contributed by atoms with van der Waals surface area (Å²) in [5.41, 5.74) is 4.89. The first-order valence-electron chi connectivity index (χ1n) is 7.12. The number of thioether (sulfide) groups is 1. The lowest BCUT2D eigenvalue weighted by atomic mass is 9.93. The van der Waals surface area contributed by atoms with E-state index in [1.54, 1.807) is 0 Å². The number of rotatable bonds is 11. The number of unbranched alkanes of at least 4 members (excludes halogenated alkanes) is 1. The van der Waals surface area contributed by atoms with Crippen molar-refractivity contribution in [1.29, 1.82) is 0 Å². The minimum atomic E-state index is -0.602. The third-order valence-corrected chi connectivity index (χ3v) is 4.49. The van der Waals surface area contributed by atoms with Crippen LogP contribution >= 0.6 is 11.8 Å². The van der Waals surface area contributed by atoms with Gasteiger partial charge < -0.3 is 16.2 Å². The summed E-state index contributed by atoms with van der Waals surface area (Å²) in [5, 5.41) is 12.6. The van der Waals surface area contributed by atoms with E-state index in [2.05, 4.69) is 12.2 Å². The van der Waals surface area contributed by atoms with Crippen LogP contribution in [0.1, 0.15) is 53.4 Å². The zero-order valence-electron chi connectivity index (χ0n) is 12.7. The fraction of sp³-hybridized carbons (Fsp3) is 0.929. The molecule has 2 atom stereocenters. The molecule has 0 saturated carbocycles. The van der Waals surface area contributed by atoms with Gasteiger partial charge in [-0.05, 0) is 45.8 Å². The Morgan fingerprint density at radius 2 is 2.00 bits per heavy atom. The van der Waals surface area contributed by atoms with Gasteiger partial charge in [-0.15, -0.1) is 0 Å². The van der Waals surface area contributed by atoms with E-state index in [9.17, 15) is 4.79 Å². The molecule has 0 aliphatic rings. The third-order valence-electron chi connectivity index (χ3n) is 3.16. The van der Waals surface area contributed by atoms with E-state index in [1.165, 1.54) is 0 Å². The van der Waals surface area contributed by atoms with Gasteiger partial charge in [-0.2, -0.15) is 11.8 Å². The Hall–Kier alpha value is -0.260. The summed E-state index contributed by atoms with van der Waals surface area (Å²) in [7, 11) is 0. The highest BCUT2D eigenvalue weighted by Crippen LogP contribution is 2.19. The van der Waals surface area contributed by atoms with Crippen LogP contribution in [0.15, 0.2) is 0 Å². The van der Waals surface area contributed by atoms with E-state index in [1.807, 2.05) is 32.5 Å². The zero-order chi connectivity index (χ0) is 14.9. The molecule has 0 rings (SSSR count). The van der Waals surface area contributed by atoms with E-state index >= 15 is 0 Å². The summed E-state index contributed by atoms with van der Waals surface area (Å²) in [6, 6.07) is 0.247. The smallest absolute Gasteiger partial charge is 0.237 e. The highest BCUT2D eigenvalue weighted by atomic mass is 32.2. The minimum absolute atomic E-state index is 0.247. The van der Waals surface area contributed by atoms with Gasteiger partial charge in [0.25, 0.3) is 0 Å². The molecular weight excluding hydrogens is 260 g/mol. The number of primary amides is 1. The molecule has 1 amide bonds. The van der Waals surface area contributed by atoms with Crippen molar-refractivity contribution in [1.82, 2.24) is 5.32 Å². The molecule has 0 aliphatic carbocycles. The Bertz CT molecular complexity index is 262. The van der Waals surface area contributed by atoms with Crippen LogP contribution in [0.2, 0.25) is 0 Å². The third kappa shape index (κ3) is 8.50. The van der Waals surface area contributed by atoms with Crippen molar-refractivity contribution in [2.75, 3.05) is 12.4 Å². The molecule has 0 radical (unpaired) electrons. The van der Waals surface area contributed by atoms with Crippen LogP contribution in [0, 0.1) is 0 Å². The van der Waals surface area contributed by atoms with Crippen LogP contribution in [-0.2, 0) is 4.79 Å². The number of hydrogen-bond donors (Lipinski definition) is 3. The summed E-state index contributed by atoms with van der Waals surface area (Å²) < 4.78 is 0. The molecule has 0 aromatic heterocycles. The van der Waals surface area contributed by atoms with E-state index in [-0.39, 0.29) is 18.6 Å². The Balaban J connectivity index is 3.91. The summed E-state index contributed by atoms with van der Waals surface area (Å²) in [5.74, 6) is 0.792. The standard InChI is InChI=1S/C14H30N2O2S/c1-11(2)16-14(4,13(15)18)8-5-6-10-19-12(3)7-9-17/h11-12,16-17H,5-10H2,1-4H3,(H2,15,18). The summed E-state index contributed by atoms with van der Waals surface area (Å²) >= 11 is 1.88. The van der Waals surface area contributed by atoms with Crippen LogP contribution in [0.3, 0.4) is 0 Å². The molecule has 0 aliphatic heterocycles. The molecule has 114 valence electrons. The Labute approximate surface area is 121 Å². The maximum absolute atomic E-state index is 11.5. The minimum Gasteiger partial charge on any atom is -0.396 e. The first-order valence-corrected chi connectivity index (χ1v) is 8.16. The zero-order valence-corrected chi connectivity index (χ0v) is 13.6. The Kier molecular flexibility index (Phi) is 9.48. The molecule has 4 nitrogen and oxygen atoms in total. The number of carbonyl (C=O) groups excluding carboxylic acids is 1. The van der Waals surface area contributed by atoms with Gasteiger partial charge in [0.05, 0.1) is 5.54 Å². The fourth-order valence-corrected chi connectivity index (χ4v) is 3.08. The van der Waals surface area contributed by atoms with Crippen molar-refractivity contribution >= 4 is 17.7 Å². The van der Waals surface area contributed by atoms with Crippen molar-refractivity contribution in [2.45, 2.75) is 70.2 Å². The van der Waals surface area contributed by atoms with Crippen molar-refractivity contribution in [3.63, 3.8) is 0 Å². The molecule has 0 spiro atoms. The van der Waals surface area contributed by atoms with Crippen LogP contribution < -0.4 is 11.1 Å². The largest absolute Gasteiger partial charge is 0.396 e. The predicted molar refractivity (Wildman–Crippen MR) is 83.3 cm³/mol. The molecule has 2 unspecified atom stereocenters. The van der Waals surface area contributed by atoms with Crippen molar-refractivity contribution < 1.29 is 9.90 Å². The SMILES string of the molecule is CC(C)NC(C)(CCCCSC(C)CCO)C(N)=O. The molecule has 4 N–H and O–H groups in total.